The smallest absolute Gasteiger partial charge is 0.229 e. The summed E-state index contributed by atoms with van der Waals surface area (Å²) < 4.78 is 27.0. The van der Waals surface area contributed by atoms with Crippen LogP contribution in [-0.2, 0) is 9.59 Å². The second-order valence-corrected chi connectivity index (χ2v) is 8.92. The highest BCUT2D eigenvalue weighted by Gasteiger charge is 2.35. The zero-order valence-corrected chi connectivity index (χ0v) is 17.6. The summed E-state index contributed by atoms with van der Waals surface area (Å²) in [6.07, 6.45) is -0.0266. The molecule has 2 heterocycles. The third-order valence-corrected chi connectivity index (χ3v) is 6.47. The highest BCUT2D eigenvalue weighted by atomic mass is 35.5. The van der Waals surface area contributed by atoms with E-state index in [4.69, 9.17) is 11.6 Å². The van der Waals surface area contributed by atoms with Crippen LogP contribution < -0.4 is 15.1 Å². The van der Waals surface area contributed by atoms with E-state index in [0.29, 0.717) is 10.7 Å². The topological polar surface area (TPSA) is 52.7 Å². The highest BCUT2D eigenvalue weighted by molar-refractivity contribution is 7.99. The quantitative estimate of drug-likeness (QED) is 0.758. The van der Waals surface area contributed by atoms with Crippen LogP contribution in [0.4, 0.5) is 25.8 Å². The van der Waals surface area contributed by atoms with Gasteiger partial charge in [0.15, 0.2) is 0 Å². The van der Waals surface area contributed by atoms with Crippen LogP contribution in [0.2, 0.25) is 5.02 Å². The van der Waals surface area contributed by atoms with Crippen molar-refractivity contribution in [1.29, 1.82) is 0 Å². The van der Waals surface area contributed by atoms with Crippen molar-refractivity contribution < 1.29 is 18.4 Å². The first kappa shape index (κ1) is 20.9. The number of thioether (sulfide) groups is 1. The third kappa shape index (κ3) is 4.54. The lowest BCUT2D eigenvalue weighted by molar-refractivity contribution is -0.122. The number of carbonyl (C=O) groups is 2. The molecule has 5 nitrogen and oxygen atoms in total. The molecular weight excluding hydrogens is 432 g/mol. The highest BCUT2D eigenvalue weighted by Crippen LogP contribution is 2.32. The lowest BCUT2D eigenvalue weighted by Crippen LogP contribution is -2.32. The Balaban J connectivity index is 1.43. The zero-order valence-electron chi connectivity index (χ0n) is 16.0. The molecule has 0 aliphatic carbocycles. The maximum absolute atomic E-state index is 13.5. The van der Waals surface area contributed by atoms with Gasteiger partial charge in [-0.3, -0.25) is 9.59 Å². The Hall–Kier alpha value is -2.32. The normalized spacial score (nSPS) is 19.3. The molecule has 1 N–H and O–H groups in total. The molecular formula is C21H20ClF2N3O2S. The molecule has 9 heteroatoms. The van der Waals surface area contributed by atoms with Crippen LogP contribution >= 0.6 is 23.4 Å². The number of hydrogen-bond donors (Lipinski definition) is 1. The monoisotopic (exact) mass is 451 g/mol. The van der Waals surface area contributed by atoms with Crippen molar-refractivity contribution in [2.24, 2.45) is 5.92 Å². The van der Waals surface area contributed by atoms with Gasteiger partial charge in [-0.1, -0.05) is 11.6 Å². The van der Waals surface area contributed by atoms with Gasteiger partial charge in [0.2, 0.25) is 11.8 Å². The molecule has 2 aliphatic rings. The number of rotatable bonds is 4. The van der Waals surface area contributed by atoms with Crippen molar-refractivity contribution >= 4 is 52.2 Å². The zero-order chi connectivity index (χ0) is 21.3. The first-order valence-corrected chi connectivity index (χ1v) is 11.1. The Morgan fingerprint density at radius 3 is 2.47 bits per heavy atom. The van der Waals surface area contributed by atoms with Gasteiger partial charge >= 0.3 is 0 Å². The summed E-state index contributed by atoms with van der Waals surface area (Å²) in [5, 5.41) is 3.35. The SMILES string of the molecule is O=C(Nc1ccc(N2CCSCC2)c(Cl)c1)C1CC(=O)N(c2cc(F)cc(F)c2)C1. The molecule has 30 heavy (non-hydrogen) atoms. The molecule has 0 saturated carbocycles. The molecule has 2 saturated heterocycles. The Kier molecular flexibility index (Phi) is 6.15. The maximum Gasteiger partial charge on any atom is 0.229 e. The summed E-state index contributed by atoms with van der Waals surface area (Å²) >= 11 is 8.34. The summed E-state index contributed by atoms with van der Waals surface area (Å²) in [4.78, 5) is 28.4. The van der Waals surface area contributed by atoms with E-state index >= 15 is 0 Å². The van der Waals surface area contributed by atoms with Crippen LogP contribution in [0.3, 0.4) is 0 Å². The molecule has 4 rings (SSSR count). The van der Waals surface area contributed by atoms with Crippen molar-refractivity contribution in [2.45, 2.75) is 6.42 Å². The lowest BCUT2D eigenvalue weighted by Gasteiger charge is -2.29. The first-order valence-electron chi connectivity index (χ1n) is 9.60. The van der Waals surface area contributed by atoms with E-state index in [9.17, 15) is 18.4 Å². The van der Waals surface area contributed by atoms with E-state index in [0.717, 1.165) is 48.5 Å². The summed E-state index contributed by atoms with van der Waals surface area (Å²) in [7, 11) is 0. The Labute approximate surface area is 182 Å². The van der Waals surface area contributed by atoms with Gasteiger partial charge < -0.3 is 15.1 Å². The molecule has 0 spiro atoms. The summed E-state index contributed by atoms with van der Waals surface area (Å²) in [5.74, 6) is -0.744. The molecule has 0 aromatic heterocycles. The maximum atomic E-state index is 13.5. The number of halogens is 3. The van der Waals surface area contributed by atoms with Crippen molar-refractivity contribution in [3.05, 3.63) is 53.1 Å². The Bertz CT molecular complexity index is 964. The van der Waals surface area contributed by atoms with Crippen molar-refractivity contribution in [2.75, 3.05) is 46.3 Å². The lowest BCUT2D eigenvalue weighted by atomic mass is 10.1. The van der Waals surface area contributed by atoms with Crippen LogP contribution in [0.15, 0.2) is 36.4 Å². The van der Waals surface area contributed by atoms with E-state index in [1.807, 2.05) is 17.8 Å². The van der Waals surface area contributed by atoms with E-state index in [-0.39, 0.29) is 30.5 Å². The average molecular weight is 452 g/mol. The molecule has 158 valence electrons. The van der Waals surface area contributed by atoms with Gasteiger partial charge in [-0.25, -0.2) is 8.78 Å². The number of hydrogen-bond acceptors (Lipinski definition) is 4. The van der Waals surface area contributed by atoms with E-state index in [1.54, 1.807) is 12.1 Å². The van der Waals surface area contributed by atoms with Gasteiger partial charge in [-0.05, 0) is 30.3 Å². The van der Waals surface area contributed by atoms with Crippen LogP contribution in [0, 0.1) is 17.6 Å². The number of benzene rings is 2. The van der Waals surface area contributed by atoms with Crippen molar-refractivity contribution in [3.63, 3.8) is 0 Å². The number of amides is 2. The number of nitrogens with one attached hydrogen (secondary N) is 1. The second-order valence-electron chi connectivity index (χ2n) is 7.29. The minimum atomic E-state index is -0.771. The summed E-state index contributed by atoms with van der Waals surface area (Å²) in [6.45, 7) is 1.92. The first-order chi connectivity index (χ1) is 14.4. The van der Waals surface area contributed by atoms with Crippen LogP contribution in [0.1, 0.15) is 6.42 Å². The molecule has 2 aliphatic heterocycles. The molecule has 0 radical (unpaired) electrons. The average Bonchev–Trinajstić information content (AvgIpc) is 3.10. The van der Waals surface area contributed by atoms with Gasteiger partial charge in [-0.2, -0.15) is 11.8 Å². The molecule has 1 atom stereocenters. The number of anilines is 3. The molecule has 1 unspecified atom stereocenters. The molecule has 2 aromatic rings. The summed E-state index contributed by atoms with van der Waals surface area (Å²) in [5.41, 5.74) is 1.59. The van der Waals surface area contributed by atoms with Crippen LogP contribution in [0.25, 0.3) is 0 Å². The van der Waals surface area contributed by atoms with Crippen LogP contribution in [-0.4, -0.2) is 43.0 Å². The van der Waals surface area contributed by atoms with E-state index < -0.39 is 17.6 Å². The predicted molar refractivity (Wildman–Crippen MR) is 116 cm³/mol. The molecule has 2 aromatic carbocycles. The minimum absolute atomic E-state index is 0.0266. The molecule has 0 bridgehead atoms. The number of carbonyl (C=O) groups excluding carboxylic acids is 2. The fourth-order valence-electron chi connectivity index (χ4n) is 3.72. The summed E-state index contributed by atoms with van der Waals surface area (Å²) in [6, 6.07) is 8.28. The van der Waals surface area contributed by atoms with Gasteiger partial charge in [0.1, 0.15) is 11.6 Å². The standard InChI is InChI=1S/C21H20ClF2N3O2S/c22-18-11-16(1-2-19(18)26-3-5-30-6-4-26)25-21(29)13-7-20(28)27(12-13)17-9-14(23)8-15(24)10-17/h1-2,8-11,13H,3-7,12H2,(H,25,29). The number of nitrogens with zero attached hydrogens (tertiary/aromatic N) is 2. The van der Waals surface area contributed by atoms with Gasteiger partial charge in [0, 0.05) is 55.0 Å². The van der Waals surface area contributed by atoms with Crippen LogP contribution in [0.5, 0.6) is 0 Å². The van der Waals surface area contributed by atoms with Gasteiger partial charge in [0.25, 0.3) is 0 Å². The Morgan fingerprint density at radius 1 is 1.10 bits per heavy atom. The largest absolute Gasteiger partial charge is 0.369 e. The Morgan fingerprint density at radius 2 is 1.80 bits per heavy atom. The fourth-order valence-corrected chi connectivity index (χ4v) is 4.92. The van der Waals surface area contributed by atoms with Gasteiger partial charge in [-0.15, -0.1) is 0 Å². The molecule has 2 amide bonds. The van der Waals surface area contributed by atoms with E-state index in [2.05, 4.69) is 10.2 Å². The van der Waals surface area contributed by atoms with E-state index in [1.165, 1.54) is 4.90 Å². The third-order valence-electron chi connectivity index (χ3n) is 5.22. The fraction of sp³-hybridized carbons (Fsp3) is 0.333. The van der Waals surface area contributed by atoms with Crippen molar-refractivity contribution in [3.8, 4) is 0 Å². The minimum Gasteiger partial charge on any atom is -0.369 e. The second kappa shape index (κ2) is 8.81. The van der Waals surface area contributed by atoms with Gasteiger partial charge in [0.05, 0.1) is 16.6 Å². The molecule has 2 fully saturated rings. The van der Waals surface area contributed by atoms with Crippen molar-refractivity contribution in [1.82, 2.24) is 0 Å². The predicted octanol–water partition coefficient (Wildman–Crippen LogP) is 4.16.